The molecule has 1 spiro atoms. The molecule has 1 atom stereocenters. The fraction of sp³-hybridized carbons (Fsp3) is 0.667. The SMILES string of the molecule is COc1cccc(CN2C(=O)N(CCC(C)C)C3(CCN([C@H]4CCSC4)CC3)C2=O)c1. The van der Waals surface area contributed by atoms with E-state index in [2.05, 4.69) is 18.7 Å². The van der Waals surface area contributed by atoms with E-state index < -0.39 is 5.54 Å². The van der Waals surface area contributed by atoms with Crippen LogP contribution < -0.4 is 4.74 Å². The number of amides is 3. The number of piperidine rings is 1. The summed E-state index contributed by atoms with van der Waals surface area (Å²) in [4.78, 5) is 33.2. The molecule has 6 nitrogen and oxygen atoms in total. The van der Waals surface area contributed by atoms with Crippen molar-refractivity contribution in [2.75, 3.05) is 38.2 Å². The van der Waals surface area contributed by atoms with Gasteiger partial charge in [-0.05, 0) is 55.1 Å². The lowest BCUT2D eigenvalue weighted by Gasteiger charge is -2.44. The number of ether oxygens (including phenoxy) is 1. The fourth-order valence-electron chi connectivity index (χ4n) is 5.13. The van der Waals surface area contributed by atoms with Crippen molar-refractivity contribution in [3.05, 3.63) is 29.8 Å². The molecule has 3 amide bonds. The molecule has 0 aliphatic carbocycles. The molecule has 3 fully saturated rings. The summed E-state index contributed by atoms with van der Waals surface area (Å²) in [6.07, 6.45) is 3.64. The summed E-state index contributed by atoms with van der Waals surface area (Å²) in [6, 6.07) is 8.15. The van der Waals surface area contributed by atoms with Gasteiger partial charge in [0.2, 0.25) is 0 Å². The number of thioether (sulfide) groups is 1. The molecule has 4 rings (SSSR count). The highest BCUT2D eigenvalue weighted by atomic mass is 32.2. The Balaban J connectivity index is 1.54. The fourth-order valence-corrected chi connectivity index (χ4v) is 6.38. The normalized spacial score (nSPS) is 24.1. The molecule has 1 aromatic rings. The van der Waals surface area contributed by atoms with Gasteiger partial charge in [-0.25, -0.2) is 4.79 Å². The summed E-state index contributed by atoms with van der Waals surface area (Å²) >= 11 is 2.03. The minimum atomic E-state index is -0.674. The lowest BCUT2D eigenvalue weighted by Crippen LogP contribution is -2.58. The third kappa shape index (κ3) is 4.44. The van der Waals surface area contributed by atoms with E-state index in [4.69, 9.17) is 4.74 Å². The predicted molar refractivity (Wildman–Crippen MR) is 124 cm³/mol. The number of imide groups is 1. The average molecular weight is 446 g/mol. The van der Waals surface area contributed by atoms with Crippen LogP contribution in [-0.2, 0) is 11.3 Å². The largest absolute Gasteiger partial charge is 0.497 e. The minimum Gasteiger partial charge on any atom is -0.497 e. The number of urea groups is 1. The van der Waals surface area contributed by atoms with Crippen LogP contribution in [0.15, 0.2) is 24.3 Å². The van der Waals surface area contributed by atoms with Crippen molar-refractivity contribution in [3.63, 3.8) is 0 Å². The highest BCUT2D eigenvalue weighted by molar-refractivity contribution is 7.99. The molecule has 31 heavy (non-hydrogen) atoms. The van der Waals surface area contributed by atoms with E-state index >= 15 is 0 Å². The molecule has 0 unspecified atom stereocenters. The molecule has 170 valence electrons. The number of hydrogen-bond donors (Lipinski definition) is 0. The van der Waals surface area contributed by atoms with Crippen LogP contribution in [0.3, 0.4) is 0 Å². The third-order valence-corrected chi connectivity index (χ3v) is 8.22. The van der Waals surface area contributed by atoms with Gasteiger partial charge >= 0.3 is 6.03 Å². The van der Waals surface area contributed by atoms with E-state index in [0.29, 0.717) is 25.0 Å². The van der Waals surface area contributed by atoms with Gasteiger partial charge in [0.25, 0.3) is 5.91 Å². The van der Waals surface area contributed by atoms with Gasteiger partial charge in [0.15, 0.2) is 0 Å². The number of carbonyl (C=O) groups is 2. The number of methoxy groups -OCH3 is 1. The Morgan fingerprint density at radius 1 is 1.23 bits per heavy atom. The van der Waals surface area contributed by atoms with Crippen LogP contribution >= 0.6 is 11.8 Å². The zero-order chi connectivity index (χ0) is 22.0. The van der Waals surface area contributed by atoms with Gasteiger partial charge in [-0.15, -0.1) is 0 Å². The number of benzene rings is 1. The van der Waals surface area contributed by atoms with Crippen molar-refractivity contribution in [2.24, 2.45) is 5.92 Å². The first-order valence-corrected chi connectivity index (χ1v) is 12.7. The number of hydrogen-bond acceptors (Lipinski definition) is 5. The van der Waals surface area contributed by atoms with E-state index in [9.17, 15) is 9.59 Å². The van der Waals surface area contributed by atoms with Gasteiger partial charge in [-0.1, -0.05) is 26.0 Å². The first-order valence-electron chi connectivity index (χ1n) is 11.5. The molecule has 0 bridgehead atoms. The highest BCUT2D eigenvalue weighted by Gasteiger charge is 2.57. The van der Waals surface area contributed by atoms with Crippen LogP contribution in [-0.4, -0.2) is 76.5 Å². The number of likely N-dealkylation sites (tertiary alicyclic amines) is 1. The predicted octanol–water partition coefficient (Wildman–Crippen LogP) is 3.85. The molecule has 1 aromatic carbocycles. The second-order valence-electron chi connectivity index (χ2n) is 9.44. The average Bonchev–Trinajstić information content (AvgIpc) is 3.37. The van der Waals surface area contributed by atoms with E-state index in [-0.39, 0.29) is 11.9 Å². The van der Waals surface area contributed by atoms with Gasteiger partial charge < -0.3 is 9.64 Å². The van der Waals surface area contributed by atoms with Crippen molar-refractivity contribution in [3.8, 4) is 5.75 Å². The van der Waals surface area contributed by atoms with Crippen LogP contribution in [0.4, 0.5) is 4.79 Å². The second-order valence-corrected chi connectivity index (χ2v) is 10.6. The maximum absolute atomic E-state index is 13.7. The van der Waals surface area contributed by atoms with Crippen LogP contribution in [0.1, 0.15) is 45.1 Å². The Bertz CT molecular complexity index is 801. The standard InChI is InChI=1S/C24H35N3O3S/c1-18(2)7-11-27-23(29)26(16-19-5-4-6-21(15-19)30-3)22(28)24(27)9-12-25(13-10-24)20-8-14-31-17-20/h4-6,15,18,20H,7-14,16-17H2,1-3H3/t20-/m0/s1. The van der Waals surface area contributed by atoms with Crippen molar-refractivity contribution in [1.82, 2.24) is 14.7 Å². The smallest absolute Gasteiger partial charge is 0.327 e. The summed E-state index contributed by atoms with van der Waals surface area (Å²) in [5, 5.41) is 0. The molecule has 0 N–H and O–H groups in total. The minimum absolute atomic E-state index is 0.00970. The van der Waals surface area contributed by atoms with Crippen molar-refractivity contribution >= 4 is 23.7 Å². The van der Waals surface area contributed by atoms with Crippen LogP contribution in [0.25, 0.3) is 0 Å². The van der Waals surface area contributed by atoms with Crippen LogP contribution in [0, 0.1) is 5.92 Å². The first kappa shape index (κ1) is 22.5. The number of nitrogens with zero attached hydrogens (tertiary/aromatic N) is 3. The Hall–Kier alpha value is -1.73. The van der Waals surface area contributed by atoms with Crippen molar-refractivity contribution in [1.29, 1.82) is 0 Å². The summed E-state index contributed by atoms with van der Waals surface area (Å²) in [6.45, 7) is 7.09. The Morgan fingerprint density at radius 2 is 2.00 bits per heavy atom. The summed E-state index contributed by atoms with van der Waals surface area (Å²) in [7, 11) is 1.63. The second kappa shape index (κ2) is 9.41. The van der Waals surface area contributed by atoms with Gasteiger partial charge in [-0.3, -0.25) is 14.6 Å². The molecule has 0 radical (unpaired) electrons. The lowest BCUT2D eigenvalue weighted by atomic mass is 9.84. The molecular formula is C24H35N3O3S. The van der Waals surface area contributed by atoms with Gasteiger partial charge in [0.1, 0.15) is 11.3 Å². The molecule has 0 aromatic heterocycles. The number of carbonyl (C=O) groups excluding carboxylic acids is 2. The van der Waals surface area contributed by atoms with Crippen LogP contribution in [0.5, 0.6) is 5.75 Å². The van der Waals surface area contributed by atoms with Gasteiger partial charge in [-0.2, -0.15) is 11.8 Å². The van der Waals surface area contributed by atoms with Gasteiger partial charge in [0.05, 0.1) is 13.7 Å². The first-order chi connectivity index (χ1) is 14.9. The highest BCUT2D eigenvalue weighted by Crippen LogP contribution is 2.40. The molecule has 3 heterocycles. The lowest BCUT2D eigenvalue weighted by molar-refractivity contribution is -0.136. The Kier molecular flexibility index (Phi) is 6.82. The molecule has 7 heteroatoms. The molecule has 3 aliphatic heterocycles. The summed E-state index contributed by atoms with van der Waals surface area (Å²) in [5.41, 5.74) is 0.245. The summed E-state index contributed by atoms with van der Waals surface area (Å²) < 4.78 is 5.32. The third-order valence-electron chi connectivity index (χ3n) is 7.07. The Labute approximate surface area is 190 Å². The molecule has 0 saturated carbocycles. The topological polar surface area (TPSA) is 53.1 Å². The quantitative estimate of drug-likeness (QED) is 0.597. The zero-order valence-electron chi connectivity index (χ0n) is 19.0. The maximum atomic E-state index is 13.7. The van der Waals surface area contributed by atoms with Crippen LogP contribution in [0.2, 0.25) is 0 Å². The van der Waals surface area contributed by atoms with Crippen molar-refractivity contribution < 1.29 is 14.3 Å². The zero-order valence-corrected chi connectivity index (χ0v) is 19.8. The molecule has 3 aliphatic rings. The summed E-state index contributed by atoms with van der Waals surface area (Å²) in [5.74, 6) is 3.65. The number of rotatable bonds is 7. The molecule has 3 saturated heterocycles. The van der Waals surface area contributed by atoms with Crippen molar-refractivity contribution in [2.45, 2.75) is 57.7 Å². The monoisotopic (exact) mass is 445 g/mol. The Morgan fingerprint density at radius 3 is 2.65 bits per heavy atom. The molecular weight excluding hydrogens is 410 g/mol. The maximum Gasteiger partial charge on any atom is 0.327 e. The van der Waals surface area contributed by atoms with Gasteiger partial charge in [0, 0.05) is 31.4 Å². The van der Waals surface area contributed by atoms with E-state index in [1.54, 1.807) is 7.11 Å². The van der Waals surface area contributed by atoms with E-state index in [1.807, 2.05) is 40.9 Å². The van der Waals surface area contributed by atoms with E-state index in [1.165, 1.54) is 22.8 Å². The van der Waals surface area contributed by atoms with E-state index in [0.717, 1.165) is 43.7 Å².